The summed E-state index contributed by atoms with van der Waals surface area (Å²) < 4.78 is 4.94. The molecule has 2 N–H and O–H groups in total. The van der Waals surface area contributed by atoms with Crippen molar-refractivity contribution in [2.24, 2.45) is 11.8 Å². The first-order valence-electron chi connectivity index (χ1n) is 4.22. The van der Waals surface area contributed by atoms with Crippen LogP contribution in [0.4, 0.5) is 0 Å². The van der Waals surface area contributed by atoms with Gasteiger partial charge in [-0.2, -0.15) is 0 Å². The fourth-order valence-electron chi connectivity index (χ4n) is 1.62. The zero-order valence-corrected chi connectivity index (χ0v) is 7.05. The zero-order valence-electron chi connectivity index (χ0n) is 7.05. The summed E-state index contributed by atoms with van der Waals surface area (Å²) >= 11 is 0. The Labute approximate surface area is 67.7 Å². The van der Waals surface area contributed by atoms with Crippen LogP contribution < -0.4 is 5.32 Å². The first kappa shape index (κ1) is 8.97. The van der Waals surface area contributed by atoms with Crippen molar-refractivity contribution in [1.29, 1.82) is 0 Å². The smallest absolute Gasteiger partial charge is 0.143 e. The minimum atomic E-state index is -0.148. The summed E-state index contributed by atoms with van der Waals surface area (Å²) in [6.45, 7) is 4.93. The lowest BCUT2D eigenvalue weighted by Crippen LogP contribution is -2.37. The highest BCUT2D eigenvalue weighted by Crippen LogP contribution is 2.15. The maximum atomic E-state index is 8.42. The van der Waals surface area contributed by atoms with E-state index in [-0.39, 0.29) is 6.79 Å². The summed E-state index contributed by atoms with van der Waals surface area (Å²) in [6.07, 6.45) is 1.22. The van der Waals surface area contributed by atoms with E-state index in [1.807, 2.05) is 0 Å². The second kappa shape index (κ2) is 4.70. The van der Waals surface area contributed by atoms with E-state index in [2.05, 4.69) is 12.2 Å². The third-order valence-electron chi connectivity index (χ3n) is 2.11. The maximum absolute atomic E-state index is 8.42. The number of ether oxygens (including phenoxy) is 1. The van der Waals surface area contributed by atoms with E-state index in [1.54, 1.807) is 0 Å². The van der Waals surface area contributed by atoms with Gasteiger partial charge in [-0.25, -0.2) is 0 Å². The minimum absolute atomic E-state index is 0.148. The van der Waals surface area contributed by atoms with Crippen molar-refractivity contribution in [3.05, 3.63) is 0 Å². The molecule has 0 amide bonds. The van der Waals surface area contributed by atoms with Crippen molar-refractivity contribution in [2.75, 3.05) is 26.5 Å². The quantitative estimate of drug-likeness (QED) is 0.578. The van der Waals surface area contributed by atoms with E-state index in [0.717, 1.165) is 19.0 Å². The normalized spacial score (nSPS) is 32.2. The molecule has 0 spiro atoms. The number of piperidine rings is 1. The van der Waals surface area contributed by atoms with Gasteiger partial charge in [0, 0.05) is 6.54 Å². The lowest BCUT2D eigenvalue weighted by molar-refractivity contribution is -0.0229. The Morgan fingerprint density at radius 2 is 2.36 bits per heavy atom. The Balaban J connectivity index is 2.12. The molecule has 0 aromatic heterocycles. The van der Waals surface area contributed by atoms with E-state index >= 15 is 0 Å². The average Bonchev–Trinajstić information content (AvgIpc) is 2.01. The monoisotopic (exact) mass is 159 g/mol. The third-order valence-corrected chi connectivity index (χ3v) is 2.11. The van der Waals surface area contributed by atoms with Crippen molar-refractivity contribution >= 4 is 0 Å². The molecule has 0 aromatic rings. The predicted octanol–water partition coefficient (Wildman–Crippen LogP) is 0.198. The molecule has 3 nitrogen and oxygen atoms in total. The highest BCUT2D eigenvalue weighted by Gasteiger charge is 2.17. The molecule has 0 aliphatic carbocycles. The molecule has 11 heavy (non-hydrogen) atoms. The largest absolute Gasteiger partial charge is 0.371 e. The first-order valence-corrected chi connectivity index (χ1v) is 4.22. The van der Waals surface area contributed by atoms with Crippen LogP contribution in [0.15, 0.2) is 0 Å². The van der Waals surface area contributed by atoms with Gasteiger partial charge in [-0.15, -0.1) is 0 Å². The molecule has 1 aliphatic heterocycles. The summed E-state index contributed by atoms with van der Waals surface area (Å²) in [5.41, 5.74) is 0. The van der Waals surface area contributed by atoms with E-state index in [1.165, 1.54) is 6.42 Å². The van der Waals surface area contributed by atoms with Crippen molar-refractivity contribution in [1.82, 2.24) is 5.32 Å². The lowest BCUT2D eigenvalue weighted by atomic mass is 9.93. The van der Waals surface area contributed by atoms with Crippen LogP contribution in [0, 0.1) is 11.8 Å². The lowest BCUT2D eigenvalue weighted by Gasteiger charge is -2.27. The fourth-order valence-corrected chi connectivity index (χ4v) is 1.62. The number of hydrogen-bond donors (Lipinski definition) is 2. The van der Waals surface area contributed by atoms with Gasteiger partial charge in [0.15, 0.2) is 0 Å². The van der Waals surface area contributed by atoms with Gasteiger partial charge in [-0.3, -0.25) is 0 Å². The van der Waals surface area contributed by atoms with Crippen molar-refractivity contribution in [2.45, 2.75) is 13.3 Å². The van der Waals surface area contributed by atoms with Gasteiger partial charge in [-0.05, 0) is 24.8 Å². The standard InChI is InChI=1S/C8H17NO2/c1-7-2-8(4-9-3-7)5-11-6-10/h7-10H,2-6H2,1H3/t7-,8+/m1/s1. The molecular weight excluding hydrogens is 142 g/mol. The Kier molecular flexibility index (Phi) is 3.83. The zero-order chi connectivity index (χ0) is 8.10. The highest BCUT2D eigenvalue weighted by atomic mass is 16.6. The van der Waals surface area contributed by atoms with Gasteiger partial charge in [0.05, 0.1) is 6.61 Å². The van der Waals surface area contributed by atoms with E-state index in [4.69, 9.17) is 9.84 Å². The second-order valence-corrected chi connectivity index (χ2v) is 3.37. The summed E-state index contributed by atoms with van der Waals surface area (Å²) in [5.74, 6) is 1.34. The molecule has 1 rings (SSSR count). The SMILES string of the molecule is C[C@H]1CNC[C@@H](COCO)C1. The summed E-state index contributed by atoms with van der Waals surface area (Å²) in [7, 11) is 0. The molecule has 0 aromatic carbocycles. The van der Waals surface area contributed by atoms with Crippen LogP contribution in [0.25, 0.3) is 0 Å². The number of nitrogens with one attached hydrogen (secondary N) is 1. The topological polar surface area (TPSA) is 41.5 Å². The molecular formula is C8H17NO2. The molecule has 3 heteroatoms. The van der Waals surface area contributed by atoms with Crippen LogP contribution >= 0.6 is 0 Å². The molecule has 1 fully saturated rings. The van der Waals surface area contributed by atoms with Gasteiger partial charge in [-0.1, -0.05) is 6.92 Å². The summed E-state index contributed by atoms with van der Waals surface area (Å²) in [6, 6.07) is 0. The molecule has 2 atom stereocenters. The molecule has 1 heterocycles. The summed E-state index contributed by atoms with van der Waals surface area (Å²) in [5, 5.41) is 11.8. The molecule has 0 unspecified atom stereocenters. The van der Waals surface area contributed by atoms with Crippen molar-refractivity contribution < 1.29 is 9.84 Å². The second-order valence-electron chi connectivity index (χ2n) is 3.37. The van der Waals surface area contributed by atoms with Crippen LogP contribution in [-0.4, -0.2) is 31.6 Å². The molecule has 1 saturated heterocycles. The number of hydrogen-bond acceptors (Lipinski definition) is 3. The Morgan fingerprint density at radius 3 is 3.00 bits per heavy atom. The minimum Gasteiger partial charge on any atom is -0.371 e. The Morgan fingerprint density at radius 1 is 1.55 bits per heavy atom. The molecule has 66 valence electrons. The highest BCUT2D eigenvalue weighted by molar-refractivity contribution is 4.72. The maximum Gasteiger partial charge on any atom is 0.143 e. The van der Waals surface area contributed by atoms with Crippen LogP contribution in [0.1, 0.15) is 13.3 Å². The fraction of sp³-hybridized carbons (Fsp3) is 1.00. The molecule has 1 aliphatic rings. The van der Waals surface area contributed by atoms with Gasteiger partial charge >= 0.3 is 0 Å². The van der Waals surface area contributed by atoms with Crippen LogP contribution in [0.5, 0.6) is 0 Å². The van der Waals surface area contributed by atoms with Gasteiger partial charge in [0.2, 0.25) is 0 Å². The van der Waals surface area contributed by atoms with Gasteiger partial charge < -0.3 is 15.2 Å². The van der Waals surface area contributed by atoms with Crippen molar-refractivity contribution in [3.63, 3.8) is 0 Å². The van der Waals surface area contributed by atoms with Crippen LogP contribution in [0.3, 0.4) is 0 Å². The predicted molar refractivity (Wildman–Crippen MR) is 43.2 cm³/mol. The third kappa shape index (κ3) is 3.18. The summed E-state index contributed by atoms with van der Waals surface area (Å²) in [4.78, 5) is 0. The first-order chi connectivity index (χ1) is 5.33. The molecule has 0 saturated carbocycles. The molecule has 0 radical (unpaired) electrons. The Hall–Kier alpha value is -0.120. The van der Waals surface area contributed by atoms with Gasteiger partial charge in [0.1, 0.15) is 6.79 Å². The number of aliphatic hydroxyl groups excluding tert-OH is 1. The van der Waals surface area contributed by atoms with E-state index < -0.39 is 0 Å². The van der Waals surface area contributed by atoms with Crippen LogP contribution in [0.2, 0.25) is 0 Å². The van der Waals surface area contributed by atoms with Crippen LogP contribution in [-0.2, 0) is 4.74 Å². The van der Waals surface area contributed by atoms with E-state index in [0.29, 0.717) is 12.5 Å². The van der Waals surface area contributed by atoms with Crippen molar-refractivity contribution in [3.8, 4) is 0 Å². The number of aliphatic hydroxyl groups is 1. The Bertz CT molecular complexity index is 108. The van der Waals surface area contributed by atoms with E-state index in [9.17, 15) is 0 Å². The number of rotatable bonds is 3. The average molecular weight is 159 g/mol. The molecule has 0 bridgehead atoms. The van der Waals surface area contributed by atoms with Gasteiger partial charge in [0.25, 0.3) is 0 Å².